The Kier molecular flexibility index (Phi) is 7.88. The molecule has 0 bridgehead atoms. The minimum absolute atomic E-state index is 0.699. The lowest BCUT2D eigenvalue weighted by Crippen LogP contribution is -2.29. The quantitative estimate of drug-likeness (QED) is 0.646. The zero-order valence-electron chi connectivity index (χ0n) is 13.1. The molecule has 1 aromatic rings. The zero-order valence-corrected chi connectivity index (χ0v) is 13.1. The molecule has 3 N–H and O–H groups in total. The average Bonchev–Trinajstić information content (AvgIpc) is 2.46. The third-order valence-corrected chi connectivity index (χ3v) is 3.22. The lowest BCUT2D eigenvalue weighted by Gasteiger charge is -2.20. The van der Waals surface area contributed by atoms with Gasteiger partial charge in [0.1, 0.15) is 5.75 Å². The second-order valence-electron chi connectivity index (χ2n) is 4.96. The Morgan fingerprint density at radius 2 is 1.95 bits per heavy atom. The number of nitrogens with zero attached hydrogens (tertiary/aromatic N) is 1. The number of hydrogen-bond acceptors (Lipinski definition) is 4. The molecule has 114 valence electrons. The van der Waals surface area contributed by atoms with Gasteiger partial charge in [-0.25, -0.2) is 0 Å². The van der Waals surface area contributed by atoms with Crippen LogP contribution < -0.4 is 15.8 Å². The van der Waals surface area contributed by atoms with Gasteiger partial charge in [0.15, 0.2) is 0 Å². The molecular formula is C16H29N3O. The lowest BCUT2D eigenvalue weighted by atomic mass is 10.2. The van der Waals surface area contributed by atoms with Gasteiger partial charge in [0.2, 0.25) is 0 Å². The molecule has 0 saturated carbocycles. The maximum Gasteiger partial charge on any atom is 0.144 e. The summed E-state index contributed by atoms with van der Waals surface area (Å²) in [5.74, 6) is 0.776. The first-order chi connectivity index (χ1) is 9.71. The minimum Gasteiger partial charge on any atom is -0.491 e. The Morgan fingerprint density at radius 3 is 2.60 bits per heavy atom. The number of anilines is 2. The molecule has 0 aromatic heterocycles. The topological polar surface area (TPSA) is 50.5 Å². The summed E-state index contributed by atoms with van der Waals surface area (Å²) in [7, 11) is 0. The van der Waals surface area contributed by atoms with E-state index in [4.69, 9.17) is 10.5 Å². The molecular weight excluding hydrogens is 250 g/mol. The molecule has 0 amide bonds. The van der Waals surface area contributed by atoms with Gasteiger partial charge in [-0.3, -0.25) is 0 Å². The fraction of sp³-hybridized carbons (Fsp3) is 0.625. The smallest absolute Gasteiger partial charge is 0.144 e. The maximum absolute atomic E-state index is 5.91. The molecule has 0 unspecified atom stereocenters. The highest BCUT2D eigenvalue weighted by Crippen LogP contribution is 2.25. The van der Waals surface area contributed by atoms with Crippen molar-refractivity contribution in [3.63, 3.8) is 0 Å². The van der Waals surface area contributed by atoms with E-state index in [0.29, 0.717) is 12.3 Å². The van der Waals surface area contributed by atoms with E-state index in [2.05, 4.69) is 31.0 Å². The SMILES string of the molecule is CCCOc1cc(NCCN(CC)CCC)ccc1N. The Labute approximate surface area is 123 Å². The van der Waals surface area contributed by atoms with Crippen LogP contribution in [0.15, 0.2) is 18.2 Å². The fourth-order valence-electron chi connectivity index (χ4n) is 2.08. The van der Waals surface area contributed by atoms with Crippen LogP contribution in [0, 0.1) is 0 Å². The van der Waals surface area contributed by atoms with E-state index in [0.717, 1.165) is 44.0 Å². The highest BCUT2D eigenvalue weighted by molar-refractivity contribution is 5.61. The van der Waals surface area contributed by atoms with Gasteiger partial charge in [0, 0.05) is 24.8 Å². The van der Waals surface area contributed by atoms with E-state index in [-0.39, 0.29) is 0 Å². The summed E-state index contributed by atoms with van der Waals surface area (Å²) in [5.41, 5.74) is 7.67. The average molecular weight is 279 g/mol. The van der Waals surface area contributed by atoms with Crippen molar-refractivity contribution in [2.75, 3.05) is 43.8 Å². The third kappa shape index (κ3) is 5.70. The van der Waals surface area contributed by atoms with Crippen molar-refractivity contribution in [1.29, 1.82) is 0 Å². The summed E-state index contributed by atoms with van der Waals surface area (Å²) in [5, 5.41) is 3.43. The van der Waals surface area contributed by atoms with Gasteiger partial charge in [-0.1, -0.05) is 20.8 Å². The Bertz CT molecular complexity index is 382. The lowest BCUT2D eigenvalue weighted by molar-refractivity contribution is 0.300. The number of benzene rings is 1. The van der Waals surface area contributed by atoms with E-state index in [9.17, 15) is 0 Å². The number of ether oxygens (including phenoxy) is 1. The number of hydrogen-bond donors (Lipinski definition) is 2. The molecule has 0 atom stereocenters. The Balaban J connectivity index is 2.47. The van der Waals surface area contributed by atoms with Crippen LogP contribution in [0.25, 0.3) is 0 Å². The summed E-state index contributed by atoms with van der Waals surface area (Å²) < 4.78 is 5.64. The summed E-state index contributed by atoms with van der Waals surface area (Å²) >= 11 is 0. The second kappa shape index (κ2) is 9.48. The molecule has 4 nitrogen and oxygen atoms in total. The van der Waals surface area contributed by atoms with Gasteiger partial charge in [0.05, 0.1) is 12.3 Å². The zero-order chi connectivity index (χ0) is 14.8. The van der Waals surface area contributed by atoms with Crippen molar-refractivity contribution in [3.8, 4) is 5.75 Å². The molecule has 20 heavy (non-hydrogen) atoms. The van der Waals surface area contributed by atoms with Crippen LogP contribution in [0.4, 0.5) is 11.4 Å². The van der Waals surface area contributed by atoms with Crippen molar-refractivity contribution in [3.05, 3.63) is 18.2 Å². The Hall–Kier alpha value is -1.42. The number of nitrogens with one attached hydrogen (secondary N) is 1. The van der Waals surface area contributed by atoms with Crippen molar-refractivity contribution < 1.29 is 4.74 Å². The number of nitrogens with two attached hydrogens (primary N) is 1. The van der Waals surface area contributed by atoms with Gasteiger partial charge in [0.25, 0.3) is 0 Å². The first-order valence-corrected chi connectivity index (χ1v) is 7.69. The number of likely N-dealkylation sites (N-methyl/N-ethyl adjacent to an activating group) is 1. The predicted octanol–water partition coefficient (Wildman–Crippen LogP) is 3.20. The van der Waals surface area contributed by atoms with Crippen molar-refractivity contribution >= 4 is 11.4 Å². The highest BCUT2D eigenvalue weighted by Gasteiger charge is 2.03. The van der Waals surface area contributed by atoms with Crippen molar-refractivity contribution in [2.45, 2.75) is 33.6 Å². The molecule has 4 heteroatoms. The summed E-state index contributed by atoms with van der Waals surface area (Å²) in [6, 6.07) is 5.89. The largest absolute Gasteiger partial charge is 0.491 e. The van der Waals surface area contributed by atoms with E-state index >= 15 is 0 Å². The fourth-order valence-corrected chi connectivity index (χ4v) is 2.08. The molecule has 0 aliphatic rings. The molecule has 1 aromatic carbocycles. The molecule has 1 rings (SSSR count). The van der Waals surface area contributed by atoms with Gasteiger partial charge in [-0.2, -0.15) is 0 Å². The monoisotopic (exact) mass is 279 g/mol. The standard InChI is InChI=1S/C16H29N3O/c1-4-10-19(6-3)11-9-18-14-7-8-15(17)16(13-14)20-12-5-2/h7-8,13,18H,4-6,9-12,17H2,1-3H3. The van der Waals surface area contributed by atoms with Crippen LogP contribution in [0.2, 0.25) is 0 Å². The summed E-state index contributed by atoms with van der Waals surface area (Å²) in [6.45, 7) is 11.5. The van der Waals surface area contributed by atoms with Crippen LogP contribution in [0.1, 0.15) is 33.6 Å². The maximum atomic E-state index is 5.91. The van der Waals surface area contributed by atoms with Crippen LogP contribution in [-0.4, -0.2) is 37.7 Å². The van der Waals surface area contributed by atoms with E-state index in [1.807, 2.05) is 18.2 Å². The molecule has 0 fully saturated rings. The molecule has 0 heterocycles. The van der Waals surface area contributed by atoms with Crippen LogP contribution in [-0.2, 0) is 0 Å². The van der Waals surface area contributed by atoms with Crippen LogP contribution in [0.5, 0.6) is 5.75 Å². The summed E-state index contributed by atoms with van der Waals surface area (Å²) in [6.07, 6.45) is 2.18. The van der Waals surface area contributed by atoms with Crippen molar-refractivity contribution in [2.24, 2.45) is 0 Å². The molecule has 0 radical (unpaired) electrons. The van der Waals surface area contributed by atoms with E-state index in [1.165, 1.54) is 6.42 Å². The van der Waals surface area contributed by atoms with Crippen LogP contribution in [0.3, 0.4) is 0 Å². The molecule has 0 aliphatic heterocycles. The van der Waals surface area contributed by atoms with Gasteiger partial charge < -0.3 is 20.7 Å². The number of rotatable bonds is 10. The number of nitrogen functional groups attached to an aromatic ring is 1. The predicted molar refractivity (Wildman–Crippen MR) is 87.5 cm³/mol. The third-order valence-electron chi connectivity index (χ3n) is 3.22. The molecule has 0 aliphatic carbocycles. The molecule has 0 spiro atoms. The van der Waals surface area contributed by atoms with Crippen LogP contribution >= 0.6 is 0 Å². The second-order valence-corrected chi connectivity index (χ2v) is 4.96. The van der Waals surface area contributed by atoms with E-state index in [1.54, 1.807) is 0 Å². The van der Waals surface area contributed by atoms with Gasteiger partial charge in [-0.05, 0) is 38.1 Å². The first-order valence-electron chi connectivity index (χ1n) is 7.69. The Morgan fingerprint density at radius 1 is 1.15 bits per heavy atom. The normalized spacial score (nSPS) is 10.8. The van der Waals surface area contributed by atoms with E-state index < -0.39 is 0 Å². The highest BCUT2D eigenvalue weighted by atomic mass is 16.5. The summed E-state index contributed by atoms with van der Waals surface area (Å²) in [4.78, 5) is 2.44. The van der Waals surface area contributed by atoms with Gasteiger partial charge >= 0.3 is 0 Å². The molecule has 0 saturated heterocycles. The van der Waals surface area contributed by atoms with Gasteiger partial charge in [-0.15, -0.1) is 0 Å². The van der Waals surface area contributed by atoms with Crippen molar-refractivity contribution in [1.82, 2.24) is 4.90 Å². The first kappa shape index (κ1) is 16.6. The minimum atomic E-state index is 0.699.